The zero-order valence-corrected chi connectivity index (χ0v) is 9.78. The Balaban J connectivity index is 2.40. The summed E-state index contributed by atoms with van der Waals surface area (Å²) in [6, 6.07) is 9.48. The van der Waals surface area contributed by atoms with E-state index in [4.69, 9.17) is 34.8 Å². The van der Waals surface area contributed by atoms with Crippen LogP contribution in [0.1, 0.15) is 11.7 Å². The lowest BCUT2D eigenvalue weighted by Crippen LogP contribution is -2.40. The fourth-order valence-electron chi connectivity index (χ4n) is 1.44. The van der Waals surface area contributed by atoms with Gasteiger partial charge in [0.2, 0.25) is 0 Å². The van der Waals surface area contributed by atoms with Crippen LogP contribution in [0.25, 0.3) is 0 Å². The van der Waals surface area contributed by atoms with E-state index in [9.17, 15) is 0 Å². The topological polar surface area (TPSA) is 67.6 Å². The smallest absolute Gasteiger partial charge is 0.164 e. The van der Waals surface area contributed by atoms with Gasteiger partial charge in [0, 0.05) is 0 Å². The molecular weight excluding hydrogens is 247 g/mol. The summed E-state index contributed by atoms with van der Waals surface area (Å²) in [5.74, 6) is 6.03. The van der Waals surface area contributed by atoms with E-state index < -0.39 is 6.17 Å². The Labute approximate surface area is 103 Å². The highest BCUT2D eigenvalue weighted by atomic mass is 35.5. The molecule has 0 saturated carbocycles. The number of hydrogen-bond donors (Lipinski definition) is 2. The summed E-state index contributed by atoms with van der Waals surface area (Å²) >= 11 is 11.7. The van der Waals surface area contributed by atoms with E-state index in [0.717, 1.165) is 5.56 Å². The normalized spacial score (nSPS) is 21.1. The number of halogens is 2. The Kier molecular flexibility index (Phi) is 3.05. The minimum absolute atomic E-state index is 0.176. The van der Waals surface area contributed by atoms with Crippen LogP contribution in [0.5, 0.6) is 0 Å². The van der Waals surface area contributed by atoms with Gasteiger partial charge in [0.15, 0.2) is 6.17 Å². The second-order valence-electron chi connectivity index (χ2n) is 3.31. The van der Waals surface area contributed by atoms with E-state index in [1.807, 2.05) is 30.3 Å². The average molecular weight is 257 g/mol. The van der Waals surface area contributed by atoms with Crippen molar-refractivity contribution in [3.63, 3.8) is 0 Å². The molecule has 2 rings (SSSR count). The highest BCUT2D eigenvalue weighted by Gasteiger charge is 2.26. The fourth-order valence-corrected chi connectivity index (χ4v) is 1.77. The number of rotatable bonds is 1. The van der Waals surface area contributed by atoms with E-state index in [1.165, 1.54) is 5.01 Å². The summed E-state index contributed by atoms with van der Waals surface area (Å²) in [7, 11) is 0. The van der Waals surface area contributed by atoms with Crippen LogP contribution in [0, 0.1) is 0 Å². The van der Waals surface area contributed by atoms with Crippen LogP contribution in [0.2, 0.25) is 0 Å². The summed E-state index contributed by atoms with van der Waals surface area (Å²) < 4.78 is 0. The van der Waals surface area contributed by atoms with Crippen molar-refractivity contribution in [3.05, 3.63) is 46.7 Å². The van der Waals surface area contributed by atoms with Gasteiger partial charge in [-0.3, -0.25) is 5.01 Å². The maximum Gasteiger partial charge on any atom is 0.164 e. The molecule has 0 fully saturated rings. The minimum atomic E-state index is -0.434. The Morgan fingerprint density at radius 3 is 2.44 bits per heavy atom. The van der Waals surface area contributed by atoms with Crippen molar-refractivity contribution in [2.45, 2.75) is 6.17 Å². The highest BCUT2D eigenvalue weighted by molar-refractivity contribution is 6.76. The first-order valence-corrected chi connectivity index (χ1v) is 5.34. The molecule has 1 aromatic rings. The van der Waals surface area contributed by atoms with Crippen molar-refractivity contribution in [2.24, 2.45) is 16.6 Å². The van der Waals surface area contributed by atoms with Gasteiger partial charge in [-0.15, -0.1) is 0 Å². The molecule has 0 aliphatic carbocycles. The summed E-state index contributed by atoms with van der Waals surface area (Å²) in [4.78, 5) is 4.18. The van der Waals surface area contributed by atoms with Gasteiger partial charge in [-0.25, -0.2) is 10.8 Å². The average Bonchev–Trinajstić information content (AvgIpc) is 2.32. The third-order valence-corrected chi connectivity index (χ3v) is 3.04. The zero-order chi connectivity index (χ0) is 11.7. The molecule has 0 amide bonds. The first-order chi connectivity index (χ1) is 7.61. The van der Waals surface area contributed by atoms with Gasteiger partial charge in [0.1, 0.15) is 16.0 Å². The Morgan fingerprint density at radius 2 is 1.81 bits per heavy atom. The number of benzene rings is 1. The number of allylic oxidation sites excluding steroid dienone is 1. The molecule has 0 aromatic heterocycles. The first-order valence-electron chi connectivity index (χ1n) is 4.59. The number of nitrogens with zero attached hydrogens (tertiary/aromatic N) is 2. The van der Waals surface area contributed by atoms with Gasteiger partial charge in [-0.2, -0.15) is 0 Å². The molecule has 4 N–H and O–H groups in total. The van der Waals surface area contributed by atoms with E-state index in [2.05, 4.69) is 4.99 Å². The molecule has 1 atom stereocenters. The van der Waals surface area contributed by atoms with Crippen LogP contribution in [-0.4, -0.2) is 10.2 Å². The van der Waals surface area contributed by atoms with Crippen molar-refractivity contribution < 1.29 is 0 Å². The lowest BCUT2D eigenvalue weighted by Gasteiger charge is -2.30. The molecular formula is C10H10Cl2N4. The molecule has 84 valence electrons. The molecule has 6 heteroatoms. The molecule has 1 aliphatic rings. The summed E-state index contributed by atoms with van der Waals surface area (Å²) in [6.07, 6.45) is -0.434. The van der Waals surface area contributed by atoms with Crippen LogP contribution in [0.15, 0.2) is 46.2 Å². The molecule has 1 aliphatic heterocycles. The molecule has 0 saturated heterocycles. The molecule has 4 nitrogen and oxygen atoms in total. The van der Waals surface area contributed by atoms with Crippen LogP contribution < -0.4 is 11.6 Å². The maximum absolute atomic E-state index is 5.87. The SMILES string of the molecule is NC1=C(Cl)C(Cl)=NC(c2ccccc2)N1N. The molecule has 1 aromatic carbocycles. The third-order valence-electron chi connectivity index (χ3n) is 2.28. The van der Waals surface area contributed by atoms with E-state index in [1.54, 1.807) is 0 Å². The van der Waals surface area contributed by atoms with Gasteiger partial charge in [0.05, 0.1) is 0 Å². The molecule has 0 spiro atoms. The Hall–Kier alpha value is -1.23. The van der Waals surface area contributed by atoms with Crippen LogP contribution in [0.4, 0.5) is 0 Å². The number of nitrogens with two attached hydrogens (primary N) is 2. The van der Waals surface area contributed by atoms with Crippen LogP contribution in [-0.2, 0) is 0 Å². The minimum Gasteiger partial charge on any atom is -0.383 e. The van der Waals surface area contributed by atoms with Gasteiger partial charge >= 0.3 is 0 Å². The molecule has 0 radical (unpaired) electrons. The van der Waals surface area contributed by atoms with E-state index in [0.29, 0.717) is 0 Å². The third kappa shape index (κ3) is 1.87. The largest absolute Gasteiger partial charge is 0.383 e. The molecule has 16 heavy (non-hydrogen) atoms. The first kappa shape index (κ1) is 11.3. The monoisotopic (exact) mass is 256 g/mol. The Bertz CT molecular complexity index is 455. The zero-order valence-electron chi connectivity index (χ0n) is 8.27. The molecule has 1 heterocycles. The van der Waals surface area contributed by atoms with Gasteiger partial charge < -0.3 is 5.73 Å². The highest BCUT2D eigenvalue weighted by Crippen LogP contribution is 2.29. The van der Waals surface area contributed by atoms with Crippen molar-refractivity contribution in [2.75, 3.05) is 0 Å². The van der Waals surface area contributed by atoms with E-state index >= 15 is 0 Å². The van der Waals surface area contributed by atoms with Crippen molar-refractivity contribution in [1.82, 2.24) is 5.01 Å². The Morgan fingerprint density at radius 1 is 1.19 bits per heavy atom. The number of hydrogen-bond acceptors (Lipinski definition) is 4. The summed E-state index contributed by atoms with van der Waals surface area (Å²) in [5, 5.41) is 1.65. The van der Waals surface area contributed by atoms with Gasteiger partial charge in [0.25, 0.3) is 0 Å². The summed E-state index contributed by atoms with van der Waals surface area (Å²) in [5.41, 5.74) is 6.62. The fraction of sp³-hybridized carbons (Fsp3) is 0.100. The van der Waals surface area contributed by atoms with Crippen LogP contribution >= 0.6 is 23.2 Å². The predicted octanol–water partition coefficient (Wildman–Crippen LogP) is 1.88. The van der Waals surface area contributed by atoms with Crippen LogP contribution in [0.3, 0.4) is 0 Å². The van der Waals surface area contributed by atoms with Gasteiger partial charge in [-0.1, -0.05) is 53.5 Å². The maximum atomic E-state index is 5.87. The number of hydrazine groups is 1. The second kappa shape index (κ2) is 4.33. The summed E-state index contributed by atoms with van der Waals surface area (Å²) in [6.45, 7) is 0. The quantitative estimate of drug-likeness (QED) is 0.755. The number of aliphatic imine (C=N–C) groups is 1. The standard InChI is InChI=1S/C10H10Cl2N4/c11-7-8(12)15-10(16(14)9(7)13)6-4-2-1-3-5-6/h1-5,10H,13-14H2. The van der Waals surface area contributed by atoms with Crippen molar-refractivity contribution >= 4 is 28.4 Å². The lowest BCUT2D eigenvalue weighted by molar-refractivity contribution is 0.263. The lowest BCUT2D eigenvalue weighted by atomic mass is 10.1. The van der Waals surface area contributed by atoms with E-state index in [-0.39, 0.29) is 16.0 Å². The molecule has 0 bridgehead atoms. The van der Waals surface area contributed by atoms with Crippen molar-refractivity contribution in [1.29, 1.82) is 0 Å². The predicted molar refractivity (Wildman–Crippen MR) is 65.6 cm³/mol. The second-order valence-corrected chi connectivity index (χ2v) is 4.05. The van der Waals surface area contributed by atoms with Gasteiger partial charge in [-0.05, 0) is 5.56 Å². The van der Waals surface area contributed by atoms with Crippen molar-refractivity contribution in [3.8, 4) is 0 Å². The molecule has 1 unspecified atom stereocenters.